The van der Waals surface area contributed by atoms with E-state index in [4.69, 9.17) is 10.5 Å². The average Bonchev–Trinajstić information content (AvgIpc) is 2.70. The van der Waals surface area contributed by atoms with Crippen molar-refractivity contribution >= 4 is 11.8 Å². The van der Waals surface area contributed by atoms with Gasteiger partial charge < -0.3 is 0 Å². The van der Waals surface area contributed by atoms with Crippen LogP contribution < -0.4 is 5.32 Å². The van der Waals surface area contributed by atoms with Gasteiger partial charge in [0.2, 0.25) is 11.8 Å². The Morgan fingerprint density at radius 2 is 1.58 bits per heavy atom. The Morgan fingerprint density at radius 1 is 1.17 bits per heavy atom. The summed E-state index contributed by atoms with van der Waals surface area (Å²) in [5, 5.41) is 19.3. The number of nitriles is 2. The third kappa shape index (κ3) is 0.375. The number of amides is 2. The number of rotatable bonds is 0. The Balaban J connectivity index is 2.58. The summed E-state index contributed by atoms with van der Waals surface area (Å²) in [6.45, 7) is 0. The van der Waals surface area contributed by atoms with Gasteiger partial charge in [0.25, 0.3) is 0 Å². The van der Waals surface area contributed by atoms with Crippen molar-refractivity contribution in [2.45, 2.75) is 6.42 Å². The van der Waals surface area contributed by atoms with Crippen LogP contribution in [0.15, 0.2) is 0 Å². The smallest absolute Gasteiger partial charge is 0.249 e. The molecule has 2 rings (SSSR count). The summed E-state index contributed by atoms with van der Waals surface area (Å²) in [6.07, 6.45) is 0.0532. The van der Waals surface area contributed by atoms with Crippen LogP contribution in [0.5, 0.6) is 0 Å². The zero-order valence-corrected chi connectivity index (χ0v) is 5.92. The topological polar surface area (TPSA) is 93.8 Å². The number of hydrogen-bond donors (Lipinski definition) is 1. The van der Waals surface area contributed by atoms with Crippen LogP contribution in [0.4, 0.5) is 0 Å². The third-order valence-electron chi connectivity index (χ3n) is 2.52. The van der Waals surface area contributed by atoms with Gasteiger partial charge in [-0.05, 0) is 0 Å². The van der Waals surface area contributed by atoms with Crippen LogP contribution in [-0.4, -0.2) is 11.8 Å². The van der Waals surface area contributed by atoms with Crippen molar-refractivity contribution in [3.8, 4) is 12.1 Å². The molecular formula is C7H3N3O2. The van der Waals surface area contributed by atoms with E-state index in [1.807, 2.05) is 5.32 Å². The lowest BCUT2D eigenvalue weighted by Crippen LogP contribution is -2.28. The van der Waals surface area contributed by atoms with Gasteiger partial charge in [-0.3, -0.25) is 14.9 Å². The number of nitrogens with one attached hydrogen (secondary N) is 1. The van der Waals surface area contributed by atoms with Crippen molar-refractivity contribution in [2.75, 3.05) is 0 Å². The van der Waals surface area contributed by atoms with Gasteiger partial charge in [-0.25, -0.2) is 0 Å². The SMILES string of the molecule is N#C[C@]12C[C@]1(C#N)C(=O)NC2=O. The molecule has 5 heteroatoms. The molecule has 0 spiro atoms. The number of carbonyl (C=O) groups is 2. The van der Waals surface area contributed by atoms with Crippen molar-refractivity contribution in [2.24, 2.45) is 10.8 Å². The fourth-order valence-corrected chi connectivity index (χ4v) is 1.59. The van der Waals surface area contributed by atoms with Gasteiger partial charge in [0.05, 0.1) is 12.1 Å². The maximum Gasteiger partial charge on any atom is 0.249 e. The molecule has 0 aromatic carbocycles. The normalized spacial score (nSPS) is 42.5. The van der Waals surface area contributed by atoms with Gasteiger partial charge in [0.15, 0.2) is 10.8 Å². The number of hydrogen-bond acceptors (Lipinski definition) is 4. The summed E-state index contributed by atoms with van der Waals surface area (Å²) in [6, 6.07) is 3.46. The summed E-state index contributed by atoms with van der Waals surface area (Å²) >= 11 is 0. The van der Waals surface area contributed by atoms with E-state index < -0.39 is 22.6 Å². The molecule has 1 heterocycles. The lowest BCUT2D eigenvalue weighted by molar-refractivity contribution is -0.128. The van der Waals surface area contributed by atoms with E-state index in [0.29, 0.717) is 0 Å². The first-order valence-corrected chi connectivity index (χ1v) is 3.31. The molecule has 1 saturated heterocycles. The monoisotopic (exact) mass is 161 g/mol. The highest BCUT2D eigenvalue weighted by Gasteiger charge is 2.83. The van der Waals surface area contributed by atoms with E-state index in [-0.39, 0.29) is 6.42 Å². The second kappa shape index (κ2) is 1.49. The lowest BCUT2D eigenvalue weighted by atomic mass is 9.98. The van der Waals surface area contributed by atoms with Crippen molar-refractivity contribution in [1.82, 2.24) is 5.32 Å². The zero-order chi connectivity index (χ0) is 8.98. The van der Waals surface area contributed by atoms with Gasteiger partial charge in [0.1, 0.15) is 0 Å². The summed E-state index contributed by atoms with van der Waals surface area (Å²) in [7, 11) is 0. The summed E-state index contributed by atoms with van der Waals surface area (Å²) in [5.41, 5.74) is -2.75. The Hall–Kier alpha value is -1.88. The minimum atomic E-state index is -1.38. The Bertz CT molecular complexity index is 352. The lowest BCUT2D eigenvalue weighted by Gasteiger charge is -1.93. The molecule has 0 aromatic heterocycles. The second-order valence-electron chi connectivity index (χ2n) is 2.99. The second-order valence-corrected chi connectivity index (χ2v) is 2.99. The molecule has 0 unspecified atom stereocenters. The van der Waals surface area contributed by atoms with Crippen LogP contribution in [-0.2, 0) is 9.59 Å². The maximum atomic E-state index is 11.0. The van der Waals surface area contributed by atoms with Gasteiger partial charge in [-0.15, -0.1) is 0 Å². The Morgan fingerprint density at radius 3 is 1.83 bits per heavy atom. The molecule has 1 N–H and O–H groups in total. The molecule has 2 fully saturated rings. The Labute approximate surface area is 67.6 Å². The van der Waals surface area contributed by atoms with E-state index in [2.05, 4.69) is 0 Å². The predicted molar refractivity (Wildman–Crippen MR) is 33.9 cm³/mol. The molecule has 2 atom stereocenters. The van der Waals surface area contributed by atoms with Crippen molar-refractivity contribution in [3.63, 3.8) is 0 Å². The summed E-state index contributed by atoms with van der Waals surface area (Å²) in [5.74, 6) is -1.26. The molecule has 2 amide bonds. The first kappa shape index (κ1) is 6.81. The number of piperidine rings is 1. The van der Waals surface area contributed by atoms with Gasteiger partial charge >= 0.3 is 0 Å². The van der Waals surface area contributed by atoms with Gasteiger partial charge in [-0.1, -0.05) is 0 Å². The van der Waals surface area contributed by atoms with Crippen LogP contribution in [0.3, 0.4) is 0 Å². The number of carbonyl (C=O) groups excluding carboxylic acids is 2. The summed E-state index contributed by atoms with van der Waals surface area (Å²) in [4.78, 5) is 22.1. The van der Waals surface area contributed by atoms with Crippen LogP contribution in [0.2, 0.25) is 0 Å². The number of imide groups is 1. The van der Waals surface area contributed by atoms with E-state index in [9.17, 15) is 9.59 Å². The van der Waals surface area contributed by atoms with E-state index in [1.165, 1.54) is 0 Å². The molecule has 0 bridgehead atoms. The van der Waals surface area contributed by atoms with Crippen molar-refractivity contribution in [1.29, 1.82) is 10.5 Å². The molecule has 1 aliphatic heterocycles. The zero-order valence-electron chi connectivity index (χ0n) is 5.92. The molecule has 1 saturated carbocycles. The molecule has 0 aromatic rings. The van der Waals surface area contributed by atoms with Crippen LogP contribution in [0.1, 0.15) is 6.42 Å². The highest BCUT2D eigenvalue weighted by Crippen LogP contribution is 2.66. The molecule has 58 valence electrons. The number of fused-ring (bicyclic) bond motifs is 1. The average molecular weight is 161 g/mol. The highest BCUT2D eigenvalue weighted by molar-refractivity contribution is 6.17. The van der Waals surface area contributed by atoms with Crippen molar-refractivity contribution < 1.29 is 9.59 Å². The first-order chi connectivity index (χ1) is 5.63. The first-order valence-electron chi connectivity index (χ1n) is 3.31. The molecular weight excluding hydrogens is 158 g/mol. The predicted octanol–water partition coefficient (Wildman–Crippen LogP) is -0.934. The van der Waals surface area contributed by atoms with Crippen LogP contribution in [0, 0.1) is 33.5 Å². The minimum Gasteiger partial charge on any atom is -0.294 e. The standard InChI is InChI=1S/C7H3N3O2/c8-2-6-1-7(6,3-9)5(12)10-4(6)11/h1H2,(H,10,11,12)/t6-,7-/m0/s1. The molecule has 1 aliphatic carbocycles. The van der Waals surface area contributed by atoms with Crippen molar-refractivity contribution in [3.05, 3.63) is 0 Å². The third-order valence-corrected chi connectivity index (χ3v) is 2.52. The van der Waals surface area contributed by atoms with E-state index in [0.717, 1.165) is 0 Å². The molecule has 2 aliphatic rings. The largest absolute Gasteiger partial charge is 0.294 e. The minimum absolute atomic E-state index is 0.0532. The van der Waals surface area contributed by atoms with E-state index in [1.54, 1.807) is 12.1 Å². The maximum absolute atomic E-state index is 11.0. The highest BCUT2D eigenvalue weighted by atomic mass is 16.2. The quantitative estimate of drug-likeness (QED) is 0.464. The fraction of sp³-hybridized carbons (Fsp3) is 0.429. The van der Waals surface area contributed by atoms with Crippen LogP contribution in [0.25, 0.3) is 0 Å². The van der Waals surface area contributed by atoms with Gasteiger partial charge in [0, 0.05) is 6.42 Å². The van der Waals surface area contributed by atoms with E-state index >= 15 is 0 Å². The summed E-state index contributed by atoms with van der Waals surface area (Å²) < 4.78 is 0. The Kier molecular flexibility index (Phi) is 0.843. The molecule has 0 radical (unpaired) electrons. The van der Waals surface area contributed by atoms with Crippen LogP contribution >= 0.6 is 0 Å². The molecule has 5 nitrogen and oxygen atoms in total. The number of nitrogens with zero attached hydrogens (tertiary/aromatic N) is 2. The fourth-order valence-electron chi connectivity index (χ4n) is 1.59. The molecule has 12 heavy (non-hydrogen) atoms. The van der Waals surface area contributed by atoms with Gasteiger partial charge in [-0.2, -0.15) is 10.5 Å².